The van der Waals surface area contributed by atoms with Crippen LogP contribution in [0, 0.1) is 0 Å². The van der Waals surface area contributed by atoms with Crippen molar-refractivity contribution in [2.24, 2.45) is 0 Å². The standard InChI is InChI=1S/C10H15Br2Cl3/c1-10(2,15)9(14)4-3-7(5-11)8(13)6-12/h9H,3-6H2,1-2H3/b8-7+/t9-/m1/s1. The molecular weight excluding hydrogens is 386 g/mol. The Morgan fingerprint density at radius 3 is 2.13 bits per heavy atom. The fourth-order valence-corrected chi connectivity index (χ4v) is 2.57. The summed E-state index contributed by atoms with van der Waals surface area (Å²) in [6.45, 7) is 3.85. The summed E-state index contributed by atoms with van der Waals surface area (Å²) in [5, 5.41) is 2.27. The molecule has 5 heteroatoms. The van der Waals surface area contributed by atoms with Crippen molar-refractivity contribution in [2.75, 3.05) is 10.7 Å². The molecule has 0 nitrogen and oxygen atoms in total. The number of hydrogen-bond acceptors (Lipinski definition) is 0. The van der Waals surface area contributed by atoms with Crippen molar-refractivity contribution in [3.8, 4) is 0 Å². The Kier molecular flexibility index (Phi) is 8.63. The van der Waals surface area contributed by atoms with Gasteiger partial charge in [0.2, 0.25) is 0 Å². The van der Waals surface area contributed by atoms with E-state index in [1.165, 1.54) is 5.57 Å². The molecule has 0 aliphatic rings. The van der Waals surface area contributed by atoms with Gasteiger partial charge in [-0.25, -0.2) is 0 Å². The average Bonchev–Trinajstić information content (AvgIpc) is 2.16. The van der Waals surface area contributed by atoms with Gasteiger partial charge < -0.3 is 0 Å². The van der Waals surface area contributed by atoms with Crippen LogP contribution in [0.4, 0.5) is 0 Å². The number of allylic oxidation sites excluding steroid dienone is 2. The largest absolute Gasteiger partial charge is 0.121 e. The van der Waals surface area contributed by atoms with E-state index in [1.807, 2.05) is 13.8 Å². The third-order valence-electron chi connectivity index (χ3n) is 2.11. The minimum absolute atomic E-state index is 0.0481. The van der Waals surface area contributed by atoms with Crippen LogP contribution in [0.15, 0.2) is 10.6 Å². The summed E-state index contributed by atoms with van der Waals surface area (Å²) in [7, 11) is 0. The minimum Gasteiger partial charge on any atom is -0.121 e. The van der Waals surface area contributed by atoms with Gasteiger partial charge in [-0.15, -0.1) is 23.2 Å². The number of alkyl halides is 4. The Bertz CT molecular complexity index is 221. The molecule has 0 aliphatic carbocycles. The maximum Gasteiger partial charge on any atom is 0.0553 e. The van der Waals surface area contributed by atoms with Crippen LogP contribution in [0.2, 0.25) is 0 Å². The first-order valence-corrected chi connectivity index (χ1v) is 8.07. The minimum atomic E-state index is -0.375. The molecule has 0 saturated carbocycles. The lowest BCUT2D eigenvalue weighted by Crippen LogP contribution is -2.25. The highest BCUT2D eigenvalue weighted by Gasteiger charge is 2.24. The summed E-state index contributed by atoms with van der Waals surface area (Å²) < 4.78 is 0. The van der Waals surface area contributed by atoms with Crippen molar-refractivity contribution in [2.45, 2.75) is 36.9 Å². The fourth-order valence-electron chi connectivity index (χ4n) is 1.01. The lowest BCUT2D eigenvalue weighted by Gasteiger charge is -2.23. The Hall–Kier alpha value is 1.57. The Morgan fingerprint density at radius 2 is 1.80 bits per heavy atom. The molecule has 0 aromatic rings. The Morgan fingerprint density at radius 1 is 1.27 bits per heavy atom. The molecule has 0 aliphatic heterocycles. The highest BCUT2D eigenvalue weighted by Crippen LogP contribution is 2.29. The highest BCUT2D eigenvalue weighted by atomic mass is 79.9. The molecule has 90 valence electrons. The molecule has 0 unspecified atom stereocenters. The van der Waals surface area contributed by atoms with E-state index in [0.717, 1.165) is 23.2 Å². The molecule has 0 rings (SSSR count). The van der Waals surface area contributed by atoms with Gasteiger partial charge in [0, 0.05) is 15.7 Å². The quantitative estimate of drug-likeness (QED) is 0.503. The molecule has 0 radical (unpaired) electrons. The summed E-state index contributed by atoms with van der Waals surface area (Å²) in [4.78, 5) is -0.375. The summed E-state index contributed by atoms with van der Waals surface area (Å²) in [6, 6.07) is 0. The maximum atomic E-state index is 6.18. The van der Waals surface area contributed by atoms with Gasteiger partial charge in [0.05, 0.1) is 10.3 Å². The van der Waals surface area contributed by atoms with Crippen LogP contribution in [-0.2, 0) is 0 Å². The van der Waals surface area contributed by atoms with Crippen molar-refractivity contribution in [3.63, 3.8) is 0 Å². The molecule has 0 bridgehead atoms. The first-order chi connectivity index (χ1) is 6.82. The van der Waals surface area contributed by atoms with E-state index in [2.05, 4.69) is 31.9 Å². The van der Waals surface area contributed by atoms with E-state index in [1.54, 1.807) is 0 Å². The van der Waals surface area contributed by atoms with E-state index in [4.69, 9.17) is 34.8 Å². The molecule has 0 aromatic heterocycles. The SMILES string of the molecule is CC(C)(Cl)[C@H](Cl)CC/C(CBr)=C(\Cl)CBr. The van der Waals surface area contributed by atoms with Gasteiger partial charge in [-0.05, 0) is 32.3 Å². The van der Waals surface area contributed by atoms with Crippen LogP contribution < -0.4 is 0 Å². The fraction of sp³-hybridized carbons (Fsp3) is 0.800. The van der Waals surface area contributed by atoms with E-state index in [9.17, 15) is 0 Å². The topological polar surface area (TPSA) is 0 Å². The molecule has 0 aromatic carbocycles. The van der Waals surface area contributed by atoms with Gasteiger partial charge >= 0.3 is 0 Å². The second-order valence-electron chi connectivity index (χ2n) is 3.85. The molecule has 15 heavy (non-hydrogen) atoms. The smallest absolute Gasteiger partial charge is 0.0553 e. The van der Waals surface area contributed by atoms with Gasteiger partial charge in [0.25, 0.3) is 0 Å². The predicted molar refractivity (Wildman–Crippen MR) is 79.3 cm³/mol. The normalized spacial score (nSPS) is 16.2. The first kappa shape index (κ1) is 16.6. The van der Waals surface area contributed by atoms with Crippen molar-refractivity contribution >= 4 is 66.7 Å². The van der Waals surface area contributed by atoms with E-state index in [-0.39, 0.29) is 10.3 Å². The third-order valence-corrected chi connectivity index (χ3v) is 5.21. The Balaban J connectivity index is 4.25. The molecule has 0 fully saturated rings. The Labute approximate surface area is 124 Å². The van der Waals surface area contributed by atoms with Gasteiger partial charge in [-0.2, -0.15) is 0 Å². The second-order valence-corrected chi connectivity index (χ2v) is 6.93. The van der Waals surface area contributed by atoms with Crippen molar-refractivity contribution in [3.05, 3.63) is 10.6 Å². The molecule has 0 saturated heterocycles. The van der Waals surface area contributed by atoms with Crippen LogP contribution >= 0.6 is 66.7 Å². The summed E-state index contributed by atoms with van der Waals surface area (Å²) in [5.74, 6) is 0. The zero-order valence-corrected chi connectivity index (χ0v) is 14.2. The van der Waals surface area contributed by atoms with Crippen molar-refractivity contribution < 1.29 is 0 Å². The third kappa shape index (κ3) is 6.78. The molecule has 0 amide bonds. The average molecular weight is 401 g/mol. The zero-order valence-electron chi connectivity index (χ0n) is 8.80. The molecule has 0 spiro atoms. The van der Waals surface area contributed by atoms with Gasteiger partial charge in [-0.1, -0.05) is 43.5 Å². The molecule has 0 heterocycles. The monoisotopic (exact) mass is 398 g/mol. The lowest BCUT2D eigenvalue weighted by atomic mass is 10.0. The maximum absolute atomic E-state index is 6.18. The van der Waals surface area contributed by atoms with Crippen LogP contribution in [0.5, 0.6) is 0 Å². The number of halogens is 5. The van der Waals surface area contributed by atoms with Crippen molar-refractivity contribution in [1.82, 2.24) is 0 Å². The summed E-state index contributed by atoms with van der Waals surface area (Å²) in [6.07, 6.45) is 1.71. The first-order valence-electron chi connectivity index (χ1n) is 4.64. The second kappa shape index (κ2) is 7.81. The lowest BCUT2D eigenvalue weighted by molar-refractivity contribution is 0.599. The molecule has 1 atom stereocenters. The van der Waals surface area contributed by atoms with E-state index < -0.39 is 0 Å². The van der Waals surface area contributed by atoms with E-state index >= 15 is 0 Å². The summed E-state index contributed by atoms with van der Waals surface area (Å²) in [5.41, 5.74) is 1.18. The zero-order chi connectivity index (χ0) is 12.1. The van der Waals surface area contributed by atoms with Crippen LogP contribution in [0.1, 0.15) is 26.7 Å². The predicted octanol–water partition coefficient (Wildman–Crippen LogP) is 5.67. The highest BCUT2D eigenvalue weighted by molar-refractivity contribution is 9.09. The number of hydrogen-bond donors (Lipinski definition) is 0. The van der Waals surface area contributed by atoms with Crippen LogP contribution in [0.3, 0.4) is 0 Å². The molecule has 0 N–H and O–H groups in total. The number of rotatable bonds is 6. The van der Waals surface area contributed by atoms with Gasteiger partial charge in [0.15, 0.2) is 0 Å². The van der Waals surface area contributed by atoms with Crippen LogP contribution in [-0.4, -0.2) is 20.9 Å². The van der Waals surface area contributed by atoms with Gasteiger partial charge in [0.1, 0.15) is 0 Å². The van der Waals surface area contributed by atoms with Gasteiger partial charge in [-0.3, -0.25) is 0 Å². The van der Waals surface area contributed by atoms with Crippen LogP contribution in [0.25, 0.3) is 0 Å². The van der Waals surface area contributed by atoms with Crippen molar-refractivity contribution in [1.29, 1.82) is 0 Å². The summed E-state index contributed by atoms with van der Waals surface area (Å²) >= 11 is 25.1. The van der Waals surface area contributed by atoms with E-state index in [0.29, 0.717) is 5.33 Å². The molecular formula is C10H15Br2Cl3.